The van der Waals surface area contributed by atoms with Crippen LogP contribution in [0.1, 0.15) is 0 Å². The van der Waals surface area contributed by atoms with Gasteiger partial charge in [-0.2, -0.15) is 0 Å². The van der Waals surface area contributed by atoms with E-state index in [0.717, 1.165) is 0 Å². The molecule has 7 heavy (non-hydrogen) atoms. The maximum atomic E-state index is 9.34. The Kier molecular flexibility index (Phi) is 1.34. The summed E-state index contributed by atoms with van der Waals surface area (Å²) in [4.78, 5) is 9.34. The van der Waals surface area contributed by atoms with E-state index in [9.17, 15) is 17.8 Å². The summed E-state index contributed by atoms with van der Waals surface area (Å²) in [6, 6.07) is 0. The number of carbonyl (C=O) groups excluding carboxylic acids is 1. The fraction of sp³-hybridized carbons (Fsp3) is 0. The zero-order valence-electron chi connectivity index (χ0n) is 3.12. The van der Waals surface area contributed by atoms with Crippen LogP contribution in [0.25, 0.3) is 0 Å². The Labute approximate surface area is 39.9 Å². The number of amides is 1. The smallest absolute Gasteiger partial charge is 0.321 e. The van der Waals surface area contributed by atoms with Crippen LogP contribution in [0.3, 0.4) is 0 Å². The van der Waals surface area contributed by atoms with Gasteiger partial charge >= 0.3 is 5.24 Å². The first-order valence-electron chi connectivity index (χ1n) is 1.20. The lowest BCUT2D eigenvalue weighted by Gasteiger charge is -1.96. The lowest BCUT2D eigenvalue weighted by molar-refractivity contribution is 0.262. The van der Waals surface area contributed by atoms with Crippen LogP contribution in [-0.2, 0) is 10.1 Å². The monoisotopic (exact) mass is 124 g/mol. The third-order valence-electron chi connectivity index (χ3n) is 0.246. The van der Waals surface area contributed by atoms with E-state index in [0.29, 0.717) is 0 Å². The normalized spacial score (nSPS) is 11.0. The second-order valence-electron chi connectivity index (χ2n) is 0.773. The van der Waals surface area contributed by atoms with E-state index in [2.05, 4.69) is 5.73 Å². The molecule has 0 saturated heterocycles. The lowest BCUT2D eigenvalue weighted by Crippen LogP contribution is -2.20. The van der Waals surface area contributed by atoms with Gasteiger partial charge in [0.25, 0.3) is 0 Å². The molecule has 0 fully saturated rings. The van der Waals surface area contributed by atoms with Gasteiger partial charge in [0.2, 0.25) is 0 Å². The second-order valence-corrected chi connectivity index (χ2v) is 2.08. The van der Waals surface area contributed by atoms with Gasteiger partial charge in [0, 0.05) is 0 Å². The van der Waals surface area contributed by atoms with Gasteiger partial charge in [-0.3, -0.25) is 4.79 Å². The maximum absolute atomic E-state index is 9.34. The third-order valence-corrected chi connectivity index (χ3v) is 0.739. The molecule has 0 aliphatic carbocycles. The fourth-order valence-electron chi connectivity index (χ4n) is 0. The number of hydrogen-bond acceptors (Lipinski definition) is 4. The van der Waals surface area contributed by atoms with Gasteiger partial charge in [0.15, 0.2) is 10.1 Å². The predicted molar refractivity (Wildman–Crippen MR) is 19.3 cm³/mol. The zero-order valence-corrected chi connectivity index (χ0v) is 3.94. The molecule has 0 atom stereocenters. The van der Waals surface area contributed by atoms with Crippen LogP contribution in [0.4, 0.5) is 4.79 Å². The summed E-state index contributed by atoms with van der Waals surface area (Å²) >= 11 is 0. The second kappa shape index (κ2) is 1.47. The molecule has 0 aliphatic heterocycles. The molecule has 1 amide bonds. The van der Waals surface area contributed by atoms with E-state index in [1.165, 1.54) is 0 Å². The van der Waals surface area contributed by atoms with Gasteiger partial charge in [-0.25, -0.2) is 8.42 Å². The minimum atomic E-state index is -4.85. The maximum Gasteiger partial charge on any atom is 0.321 e. The lowest BCUT2D eigenvalue weighted by atomic mass is 11.5. The summed E-state index contributed by atoms with van der Waals surface area (Å²) in [6.07, 6.45) is 0. The number of hydrogen-bond donors (Lipinski definition) is 1. The Bertz CT molecular complexity index is 166. The first-order valence-corrected chi connectivity index (χ1v) is 2.61. The van der Waals surface area contributed by atoms with Crippen molar-refractivity contribution in [3.05, 3.63) is 0 Å². The van der Waals surface area contributed by atoms with Crippen molar-refractivity contribution in [1.82, 2.24) is 0 Å². The van der Waals surface area contributed by atoms with Gasteiger partial charge in [0.05, 0.1) is 0 Å². The van der Waals surface area contributed by atoms with Crippen molar-refractivity contribution in [3.63, 3.8) is 0 Å². The minimum absolute atomic E-state index is 1.84. The Morgan fingerprint density at radius 2 is 1.71 bits per heavy atom. The summed E-state index contributed by atoms with van der Waals surface area (Å²) in [6.45, 7) is 0. The Morgan fingerprint density at radius 1 is 1.57 bits per heavy atom. The Morgan fingerprint density at radius 3 is 1.71 bits per heavy atom. The summed E-state index contributed by atoms with van der Waals surface area (Å²) in [5, 5.41) is -1.84. The predicted octanol–water partition coefficient (Wildman–Crippen LogP) is -1.39. The molecule has 0 heterocycles. The SMILES string of the molecule is NC(=O)S(=O)(=O)[O-]. The summed E-state index contributed by atoms with van der Waals surface area (Å²) in [5.41, 5.74) is 4.03. The molecule has 0 aromatic rings. The largest absolute Gasteiger partial charge is 0.740 e. The molecule has 0 saturated carbocycles. The van der Waals surface area contributed by atoms with Gasteiger partial charge in [-0.05, 0) is 0 Å². The van der Waals surface area contributed by atoms with E-state index >= 15 is 0 Å². The summed E-state index contributed by atoms with van der Waals surface area (Å²) in [7, 11) is -4.85. The highest BCUT2D eigenvalue weighted by molar-refractivity contribution is 8.00. The Hall–Kier alpha value is -0.620. The molecule has 0 aliphatic rings. The van der Waals surface area contributed by atoms with E-state index < -0.39 is 15.4 Å². The number of primary amides is 1. The van der Waals surface area contributed by atoms with E-state index in [-0.39, 0.29) is 0 Å². The Balaban J connectivity index is 4.43. The van der Waals surface area contributed by atoms with Crippen LogP contribution < -0.4 is 5.73 Å². The van der Waals surface area contributed by atoms with Gasteiger partial charge in [-0.15, -0.1) is 0 Å². The fourth-order valence-corrected chi connectivity index (χ4v) is 0. The van der Waals surface area contributed by atoms with E-state index in [4.69, 9.17) is 0 Å². The summed E-state index contributed by atoms with van der Waals surface area (Å²) < 4.78 is 27.9. The first kappa shape index (κ1) is 6.38. The van der Waals surface area contributed by atoms with Crippen molar-refractivity contribution in [3.8, 4) is 0 Å². The molecule has 2 N–H and O–H groups in total. The van der Waals surface area contributed by atoms with E-state index in [1.807, 2.05) is 0 Å². The molecular weight excluding hydrogens is 122 g/mol. The van der Waals surface area contributed by atoms with Crippen LogP contribution in [0.5, 0.6) is 0 Å². The molecule has 42 valence electrons. The minimum Gasteiger partial charge on any atom is -0.740 e. The molecule has 0 unspecified atom stereocenters. The van der Waals surface area contributed by atoms with Crippen LogP contribution in [0, 0.1) is 0 Å². The third kappa shape index (κ3) is 2.12. The average molecular weight is 124 g/mol. The van der Waals surface area contributed by atoms with E-state index in [1.54, 1.807) is 0 Å². The van der Waals surface area contributed by atoms with Gasteiger partial charge in [-0.1, -0.05) is 0 Å². The number of carbonyl (C=O) groups is 1. The molecular formula is CH2NO4S-. The van der Waals surface area contributed by atoms with Gasteiger partial charge in [0.1, 0.15) is 0 Å². The summed E-state index contributed by atoms with van der Waals surface area (Å²) in [5.74, 6) is 0. The zero-order chi connectivity index (χ0) is 6.08. The van der Waals surface area contributed by atoms with Crippen LogP contribution in [-0.4, -0.2) is 18.2 Å². The molecule has 5 nitrogen and oxygen atoms in total. The highest BCUT2D eigenvalue weighted by Gasteiger charge is 1.99. The highest BCUT2D eigenvalue weighted by atomic mass is 32.2. The quantitative estimate of drug-likeness (QED) is 0.401. The van der Waals surface area contributed by atoms with Crippen LogP contribution in [0.2, 0.25) is 0 Å². The standard InChI is InChI=1S/CH3NO4S/c2-1(3)7(4,5)6/h(H2,2,3)(H,4,5,6)/p-1. The number of rotatable bonds is 0. The number of nitrogens with two attached hydrogens (primary N) is 1. The van der Waals surface area contributed by atoms with Gasteiger partial charge < -0.3 is 10.3 Å². The van der Waals surface area contributed by atoms with Crippen molar-refractivity contribution in [2.75, 3.05) is 0 Å². The topological polar surface area (TPSA) is 100 Å². The molecule has 6 heteroatoms. The molecule has 0 bridgehead atoms. The van der Waals surface area contributed by atoms with Crippen LogP contribution in [0.15, 0.2) is 0 Å². The molecule has 0 radical (unpaired) electrons. The van der Waals surface area contributed by atoms with Crippen molar-refractivity contribution < 1.29 is 17.8 Å². The highest BCUT2D eigenvalue weighted by Crippen LogP contribution is 1.75. The van der Waals surface area contributed by atoms with Crippen molar-refractivity contribution in [1.29, 1.82) is 0 Å². The van der Waals surface area contributed by atoms with Crippen molar-refractivity contribution in [2.24, 2.45) is 5.73 Å². The van der Waals surface area contributed by atoms with Crippen molar-refractivity contribution in [2.45, 2.75) is 0 Å². The molecule has 0 spiro atoms. The molecule has 0 aromatic heterocycles. The van der Waals surface area contributed by atoms with Crippen molar-refractivity contribution >= 4 is 15.4 Å². The molecule has 0 aromatic carbocycles. The molecule has 0 rings (SSSR count). The first-order chi connectivity index (χ1) is 2.94. The van der Waals surface area contributed by atoms with Crippen LogP contribution >= 0.6 is 0 Å². The average Bonchev–Trinajstić information content (AvgIpc) is 1.31.